The number of benzene rings is 2. The molecule has 1 aliphatic rings. The fourth-order valence-corrected chi connectivity index (χ4v) is 3.64. The molecular weight excluding hydrogens is 352 g/mol. The van der Waals surface area contributed by atoms with Gasteiger partial charge in [0.25, 0.3) is 0 Å². The molecule has 28 heavy (non-hydrogen) atoms. The van der Waals surface area contributed by atoms with Gasteiger partial charge < -0.3 is 20.1 Å². The van der Waals surface area contributed by atoms with E-state index < -0.39 is 0 Å². The van der Waals surface area contributed by atoms with Gasteiger partial charge in [-0.1, -0.05) is 24.3 Å². The van der Waals surface area contributed by atoms with Crippen molar-refractivity contribution in [2.45, 2.75) is 45.2 Å². The second kappa shape index (κ2) is 9.60. The number of ether oxygens (including phenoxy) is 2. The molecule has 2 aromatic carbocycles. The van der Waals surface area contributed by atoms with Gasteiger partial charge >= 0.3 is 0 Å². The van der Waals surface area contributed by atoms with Gasteiger partial charge in [0.1, 0.15) is 0 Å². The van der Waals surface area contributed by atoms with Crippen LogP contribution in [0.3, 0.4) is 0 Å². The molecule has 0 saturated heterocycles. The second-order valence-electron chi connectivity index (χ2n) is 7.30. The van der Waals surface area contributed by atoms with Crippen LogP contribution in [0.5, 0.6) is 11.5 Å². The van der Waals surface area contributed by atoms with Gasteiger partial charge in [0, 0.05) is 12.6 Å². The zero-order valence-electron chi connectivity index (χ0n) is 17.0. The molecule has 0 aliphatic heterocycles. The van der Waals surface area contributed by atoms with Gasteiger partial charge in [-0.25, -0.2) is 0 Å². The van der Waals surface area contributed by atoms with Gasteiger partial charge in [-0.2, -0.15) is 0 Å². The molecule has 0 fully saturated rings. The van der Waals surface area contributed by atoms with E-state index in [2.05, 4.69) is 35.8 Å². The molecule has 1 amide bonds. The first-order valence-electron chi connectivity index (χ1n) is 9.93. The molecule has 1 atom stereocenters. The van der Waals surface area contributed by atoms with E-state index in [0.29, 0.717) is 18.0 Å². The minimum Gasteiger partial charge on any atom is -0.493 e. The van der Waals surface area contributed by atoms with E-state index in [0.717, 1.165) is 5.56 Å². The highest BCUT2D eigenvalue weighted by Gasteiger charge is 2.13. The summed E-state index contributed by atoms with van der Waals surface area (Å²) in [4.78, 5) is 12.2. The molecule has 0 bridgehead atoms. The van der Waals surface area contributed by atoms with Crippen LogP contribution >= 0.6 is 0 Å². The zero-order chi connectivity index (χ0) is 19.9. The van der Waals surface area contributed by atoms with Crippen LogP contribution in [0.25, 0.3) is 0 Å². The van der Waals surface area contributed by atoms with Crippen molar-refractivity contribution >= 4 is 5.91 Å². The first-order valence-corrected chi connectivity index (χ1v) is 9.93. The number of aryl methyl sites for hydroxylation is 2. The van der Waals surface area contributed by atoms with E-state index in [-0.39, 0.29) is 18.5 Å². The van der Waals surface area contributed by atoms with Crippen LogP contribution in [0.4, 0.5) is 0 Å². The Bertz CT molecular complexity index is 819. The molecule has 5 heteroatoms. The Kier molecular flexibility index (Phi) is 6.93. The van der Waals surface area contributed by atoms with Crippen LogP contribution in [-0.2, 0) is 24.2 Å². The van der Waals surface area contributed by atoms with Crippen LogP contribution in [0, 0.1) is 0 Å². The maximum absolute atomic E-state index is 12.2. The lowest BCUT2D eigenvalue weighted by Crippen LogP contribution is -2.34. The maximum atomic E-state index is 12.2. The molecule has 0 heterocycles. The number of methoxy groups -OCH3 is 2. The summed E-state index contributed by atoms with van der Waals surface area (Å²) in [5.41, 5.74) is 5.16. The van der Waals surface area contributed by atoms with Gasteiger partial charge in [0.15, 0.2) is 11.5 Å². The third-order valence-electron chi connectivity index (χ3n) is 5.38. The SMILES string of the molecule is COc1ccc(CNC(=O)CN[C@@H](C)c2ccc3c(c2)CCCC3)cc1OC. The Morgan fingerprint density at radius 1 is 1.00 bits per heavy atom. The summed E-state index contributed by atoms with van der Waals surface area (Å²) < 4.78 is 10.5. The molecule has 3 rings (SSSR count). The van der Waals surface area contributed by atoms with Crippen molar-refractivity contribution in [2.24, 2.45) is 0 Å². The number of carbonyl (C=O) groups excluding carboxylic acids is 1. The maximum Gasteiger partial charge on any atom is 0.234 e. The quantitative estimate of drug-likeness (QED) is 0.733. The molecule has 2 N–H and O–H groups in total. The van der Waals surface area contributed by atoms with E-state index >= 15 is 0 Å². The summed E-state index contributed by atoms with van der Waals surface area (Å²) in [5.74, 6) is 1.31. The molecule has 2 aromatic rings. The number of carbonyl (C=O) groups is 1. The van der Waals surface area contributed by atoms with E-state index in [1.165, 1.54) is 42.4 Å². The van der Waals surface area contributed by atoms with Crippen LogP contribution in [0.15, 0.2) is 36.4 Å². The lowest BCUT2D eigenvalue weighted by atomic mass is 9.89. The van der Waals surface area contributed by atoms with Gasteiger partial charge in [0.05, 0.1) is 20.8 Å². The van der Waals surface area contributed by atoms with Crippen molar-refractivity contribution in [3.8, 4) is 11.5 Å². The molecule has 0 aromatic heterocycles. The Morgan fingerprint density at radius 2 is 1.75 bits per heavy atom. The number of hydrogen-bond donors (Lipinski definition) is 2. The zero-order valence-corrected chi connectivity index (χ0v) is 17.0. The molecule has 0 radical (unpaired) electrons. The van der Waals surface area contributed by atoms with Crippen molar-refractivity contribution in [1.82, 2.24) is 10.6 Å². The molecule has 0 spiro atoms. The predicted octanol–water partition coefficient (Wildman–Crippen LogP) is 3.55. The van der Waals surface area contributed by atoms with Crippen LogP contribution in [0.2, 0.25) is 0 Å². The molecule has 150 valence electrons. The first kappa shape index (κ1) is 20.2. The highest BCUT2D eigenvalue weighted by atomic mass is 16.5. The van der Waals surface area contributed by atoms with Crippen molar-refractivity contribution < 1.29 is 14.3 Å². The van der Waals surface area contributed by atoms with Gasteiger partial charge in [0.2, 0.25) is 5.91 Å². The largest absolute Gasteiger partial charge is 0.493 e. The summed E-state index contributed by atoms with van der Waals surface area (Å²) >= 11 is 0. The van der Waals surface area contributed by atoms with E-state index in [1.54, 1.807) is 14.2 Å². The average Bonchev–Trinajstić information content (AvgIpc) is 2.75. The summed E-state index contributed by atoms with van der Waals surface area (Å²) in [6, 6.07) is 12.5. The Balaban J connectivity index is 1.49. The van der Waals surface area contributed by atoms with Crippen molar-refractivity contribution in [3.63, 3.8) is 0 Å². The number of rotatable bonds is 8. The highest BCUT2D eigenvalue weighted by Crippen LogP contribution is 2.27. The van der Waals surface area contributed by atoms with Gasteiger partial charge in [-0.3, -0.25) is 4.79 Å². The topological polar surface area (TPSA) is 59.6 Å². The van der Waals surface area contributed by atoms with E-state index in [4.69, 9.17) is 9.47 Å². The monoisotopic (exact) mass is 382 g/mol. The summed E-state index contributed by atoms with van der Waals surface area (Å²) in [6.45, 7) is 2.84. The lowest BCUT2D eigenvalue weighted by Gasteiger charge is -2.20. The lowest BCUT2D eigenvalue weighted by molar-refractivity contribution is -0.120. The van der Waals surface area contributed by atoms with Crippen molar-refractivity contribution in [1.29, 1.82) is 0 Å². The predicted molar refractivity (Wildman–Crippen MR) is 111 cm³/mol. The normalized spacial score (nSPS) is 14.1. The fraction of sp³-hybridized carbons (Fsp3) is 0.435. The van der Waals surface area contributed by atoms with Gasteiger partial charge in [-0.05, 0) is 67.0 Å². The molecule has 5 nitrogen and oxygen atoms in total. The smallest absolute Gasteiger partial charge is 0.234 e. The van der Waals surface area contributed by atoms with Crippen LogP contribution in [-0.4, -0.2) is 26.7 Å². The average molecular weight is 383 g/mol. The minimum atomic E-state index is -0.0282. The van der Waals surface area contributed by atoms with Crippen molar-refractivity contribution in [3.05, 3.63) is 58.7 Å². The molecule has 0 saturated carbocycles. The standard InChI is InChI=1S/C23H30N2O3/c1-16(19-10-9-18-6-4-5-7-20(18)13-19)24-15-23(26)25-14-17-8-11-21(27-2)22(12-17)28-3/h8-13,16,24H,4-7,14-15H2,1-3H3,(H,25,26)/t16-/m0/s1. The molecule has 0 unspecified atom stereocenters. The van der Waals surface area contributed by atoms with Gasteiger partial charge in [-0.15, -0.1) is 0 Å². The second-order valence-corrected chi connectivity index (χ2v) is 7.30. The Labute approximate surface area is 167 Å². The van der Waals surface area contributed by atoms with E-state index in [1.807, 2.05) is 18.2 Å². The number of fused-ring (bicyclic) bond motifs is 1. The van der Waals surface area contributed by atoms with Crippen LogP contribution in [0.1, 0.15) is 48.1 Å². The number of hydrogen-bond acceptors (Lipinski definition) is 4. The fourth-order valence-electron chi connectivity index (χ4n) is 3.64. The Morgan fingerprint density at radius 3 is 2.50 bits per heavy atom. The van der Waals surface area contributed by atoms with Crippen molar-refractivity contribution in [2.75, 3.05) is 20.8 Å². The Hall–Kier alpha value is -2.53. The minimum absolute atomic E-state index is 0.0282. The first-order chi connectivity index (χ1) is 13.6. The third-order valence-corrected chi connectivity index (χ3v) is 5.38. The molecule has 1 aliphatic carbocycles. The summed E-state index contributed by atoms with van der Waals surface area (Å²) in [5, 5.41) is 6.27. The number of amides is 1. The molecular formula is C23H30N2O3. The third kappa shape index (κ3) is 5.04. The highest BCUT2D eigenvalue weighted by molar-refractivity contribution is 5.78. The number of nitrogens with one attached hydrogen (secondary N) is 2. The van der Waals surface area contributed by atoms with E-state index in [9.17, 15) is 4.79 Å². The summed E-state index contributed by atoms with van der Waals surface area (Å²) in [6.07, 6.45) is 4.93. The summed E-state index contributed by atoms with van der Waals surface area (Å²) in [7, 11) is 3.21. The van der Waals surface area contributed by atoms with Crippen LogP contribution < -0.4 is 20.1 Å².